The predicted molar refractivity (Wildman–Crippen MR) is 54.6 cm³/mol. The van der Waals surface area contributed by atoms with E-state index in [-0.39, 0.29) is 30.4 Å². The van der Waals surface area contributed by atoms with Gasteiger partial charge in [0.05, 0.1) is 5.69 Å². The molecular formula is C11H11NO3. The van der Waals surface area contributed by atoms with Crippen LogP contribution in [0, 0.1) is 6.92 Å². The van der Waals surface area contributed by atoms with Crippen molar-refractivity contribution in [1.82, 2.24) is 0 Å². The molecule has 1 aromatic carbocycles. The maximum Gasteiger partial charge on any atom is 0.234 e. The van der Waals surface area contributed by atoms with Crippen molar-refractivity contribution < 1.29 is 14.7 Å². The molecule has 0 radical (unpaired) electrons. The zero-order valence-electron chi connectivity index (χ0n) is 8.36. The number of amides is 2. The van der Waals surface area contributed by atoms with Gasteiger partial charge in [-0.2, -0.15) is 0 Å². The fourth-order valence-electron chi connectivity index (χ4n) is 1.66. The third-order valence-corrected chi connectivity index (χ3v) is 2.42. The van der Waals surface area contributed by atoms with Gasteiger partial charge >= 0.3 is 0 Å². The van der Waals surface area contributed by atoms with Crippen molar-refractivity contribution in [3.8, 4) is 5.75 Å². The first-order chi connectivity index (χ1) is 7.09. The molecule has 0 spiro atoms. The van der Waals surface area contributed by atoms with Crippen molar-refractivity contribution in [2.75, 3.05) is 4.90 Å². The minimum absolute atomic E-state index is 0.0378. The number of rotatable bonds is 1. The van der Waals surface area contributed by atoms with Crippen LogP contribution in [0.3, 0.4) is 0 Å². The number of anilines is 1. The molecule has 1 fully saturated rings. The van der Waals surface area contributed by atoms with Crippen LogP contribution in [0.2, 0.25) is 0 Å². The second kappa shape index (κ2) is 3.38. The van der Waals surface area contributed by atoms with Crippen molar-refractivity contribution in [3.05, 3.63) is 23.8 Å². The Labute approximate surface area is 87.1 Å². The lowest BCUT2D eigenvalue weighted by molar-refractivity contribution is -0.121. The molecule has 1 aliphatic heterocycles. The quantitative estimate of drug-likeness (QED) is 0.704. The van der Waals surface area contributed by atoms with E-state index in [1.54, 1.807) is 12.1 Å². The van der Waals surface area contributed by atoms with Gasteiger partial charge in [-0.25, -0.2) is 4.90 Å². The fourth-order valence-corrected chi connectivity index (χ4v) is 1.66. The van der Waals surface area contributed by atoms with Crippen molar-refractivity contribution in [1.29, 1.82) is 0 Å². The summed E-state index contributed by atoms with van der Waals surface area (Å²) in [6.07, 6.45) is 0.457. The van der Waals surface area contributed by atoms with Crippen LogP contribution in [-0.4, -0.2) is 16.9 Å². The van der Waals surface area contributed by atoms with Gasteiger partial charge in [-0.3, -0.25) is 9.59 Å². The molecule has 0 atom stereocenters. The van der Waals surface area contributed by atoms with Crippen LogP contribution in [0.25, 0.3) is 0 Å². The van der Waals surface area contributed by atoms with E-state index in [0.29, 0.717) is 5.69 Å². The van der Waals surface area contributed by atoms with Crippen LogP contribution >= 0.6 is 0 Å². The minimum Gasteiger partial charge on any atom is -0.506 e. The molecule has 1 N–H and O–H groups in total. The summed E-state index contributed by atoms with van der Waals surface area (Å²) < 4.78 is 0. The Balaban J connectivity index is 2.48. The molecule has 0 aromatic heterocycles. The minimum atomic E-state index is -0.249. The standard InChI is InChI=1S/C11H11NO3/c1-7-2-3-9(13)8(6-7)12-10(14)4-5-11(12)15/h2-3,6,13H,4-5H2,1H3. The highest BCUT2D eigenvalue weighted by Gasteiger charge is 2.31. The van der Waals surface area contributed by atoms with E-state index in [4.69, 9.17) is 0 Å². The van der Waals surface area contributed by atoms with E-state index < -0.39 is 0 Å². The molecule has 0 unspecified atom stereocenters. The van der Waals surface area contributed by atoms with Crippen molar-refractivity contribution in [2.24, 2.45) is 0 Å². The number of carbonyl (C=O) groups excluding carboxylic acids is 2. The number of imide groups is 1. The average Bonchev–Trinajstić information content (AvgIpc) is 2.51. The maximum absolute atomic E-state index is 11.4. The number of phenolic OH excluding ortho intramolecular Hbond substituents is 1. The number of aryl methyl sites for hydroxylation is 1. The normalized spacial score (nSPS) is 16.2. The van der Waals surface area contributed by atoms with Crippen LogP contribution < -0.4 is 4.90 Å². The topological polar surface area (TPSA) is 57.6 Å². The van der Waals surface area contributed by atoms with Crippen LogP contribution in [0.5, 0.6) is 5.75 Å². The zero-order chi connectivity index (χ0) is 11.0. The Kier molecular flexibility index (Phi) is 2.19. The Morgan fingerprint density at radius 3 is 2.40 bits per heavy atom. The number of hydrogen-bond donors (Lipinski definition) is 1. The number of phenols is 1. The van der Waals surface area contributed by atoms with E-state index in [9.17, 15) is 14.7 Å². The van der Waals surface area contributed by atoms with Gasteiger partial charge in [-0.1, -0.05) is 6.07 Å². The summed E-state index contributed by atoms with van der Waals surface area (Å²) in [5, 5.41) is 9.58. The Morgan fingerprint density at radius 1 is 1.20 bits per heavy atom. The van der Waals surface area contributed by atoms with E-state index in [2.05, 4.69) is 0 Å². The molecule has 15 heavy (non-hydrogen) atoms. The molecule has 78 valence electrons. The number of aromatic hydroxyl groups is 1. The molecule has 1 saturated heterocycles. The molecule has 4 nitrogen and oxygen atoms in total. The van der Waals surface area contributed by atoms with Gasteiger partial charge in [0.15, 0.2) is 0 Å². The van der Waals surface area contributed by atoms with Gasteiger partial charge in [0.25, 0.3) is 0 Å². The second-order valence-corrected chi connectivity index (χ2v) is 3.62. The lowest BCUT2D eigenvalue weighted by atomic mass is 10.2. The average molecular weight is 205 g/mol. The van der Waals surface area contributed by atoms with Crippen LogP contribution in [0.4, 0.5) is 5.69 Å². The molecule has 2 rings (SSSR count). The molecule has 1 aliphatic rings. The molecule has 2 amide bonds. The van der Waals surface area contributed by atoms with Gasteiger partial charge in [0, 0.05) is 12.8 Å². The van der Waals surface area contributed by atoms with Gasteiger partial charge in [0.1, 0.15) is 5.75 Å². The monoisotopic (exact) mass is 205 g/mol. The summed E-state index contributed by atoms with van der Waals surface area (Å²) >= 11 is 0. The zero-order valence-corrected chi connectivity index (χ0v) is 8.36. The van der Waals surface area contributed by atoms with Crippen molar-refractivity contribution >= 4 is 17.5 Å². The highest BCUT2D eigenvalue weighted by atomic mass is 16.3. The lowest BCUT2D eigenvalue weighted by Gasteiger charge is -2.15. The highest BCUT2D eigenvalue weighted by Crippen LogP contribution is 2.31. The first-order valence-corrected chi connectivity index (χ1v) is 4.75. The third kappa shape index (κ3) is 1.58. The summed E-state index contributed by atoms with van der Waals surface area (Å²) in [5.74, 6) is -0.536. The fraction of sp³-hybridized carbons (Fsp3) is 0.273. The summed E-state index contributed by atoms with van der Waals surface area (Å²) in [6.45, 7) is 1.84. The van der Waals surface area contributed by atoms with Gasteiger partial charge in [0.2, 0.25) is 11.8 Å². The Hall–Kier alpha value is -1.84. The van der Waals surface area contributed by atoms with Gasteiger partial charge < -0.3 is 5.11 Å². The molecule has 1 heterocycles. The molecule has 4 heteroatoms. The van der Waals surface area contributed by atoms with Crippen LogP contribution in [0.1, 0.15) is 18.4 Å². The van der Waals surface area contributed by atoms with Gasteiger partial charge in [-0.05, 0) is 24.6 Å². The van der Waals surface area contributed by atoms with E-state index >= 15 is 0 Å². The smallest absolute Gasteiger partial charge is 0.234 e. The summed E-state index contributed by atoms with van der Waals surface area (Å²) in [5.41, 5.74) is 1.19. The maximum atomic E-state index is 11.4. The first kappa shape index (κ1) is 9.71. The van der Waals surface area contributed by atoms with E-state index in [1.165, 1.54) is 6.07 Å². The number of nitrogens with zero attached hydrogens (tertiary/aromatic N) is 1. The summed E-state index contributed by atoms with van der Waals surface area (Å²) in [6, 6.07) is 4.85. The Bertz CT molecular complexity index is 423. The van der Waals surface area contributed by atoms with E-state index in [0.717, 1.165) is 10.5 Å². The van der Waals surface area contributed by atoms with E-state index in [1.807, 2.05) is 6.92 Å². The summed E-state index contributed by atoms with van der Waals surface area (Å²) in [7, 11) is 0. The predicted octanol–water partition coefficient (Wildman–Crippen LogP) is 1.35. The SMILES string of the molecule is Cc1ccc(O)c(N2C(=O)CCC2=O)c1. The van der Waals surface area contributed by atoms with Crippen LogP contribution in [-0.2, 0) is 9.59 Å². The first-order valence-electron chi connectivity index (χ1n) is 4.75. The molecule has 1 aromatic rings. The summed E-state index contributed by atoms with van der Waals surface area (Å²) in [4.78, 5) is 23.9. The highest BCUT2D eigenvalue weighted by molar-refractivity contribution is 6.20. The molecular weight excluding hydrogens is 194 g/mol. The Morgan fingerprint density at radius 2 is 1.80 bits per heavy atom. The third-order valence-electron chi connectivity index (χ3n) is 2.42. The number of hydrogen-bond acceptors (Lipinski definition) is 3. The number of carbonyl (C=O) groups is 2. The second-order valence-electron chi connectivity index (χ2n) is 3.62. The molecule has 0 saturated carbocycles. The lowest BCUT2D eigenvalue weighted by Crippen LogP contribution is -2.28. The van der Waals surface area contributed by atoms with Crippen LogP contribution in [0.15, 0.2) is 18.2 Å². The van der Waals surface area contributed by atoms with Gasteiger partial charge in [-0.15, -0.1) is 0 Å². The van der Waals surface area contributed by atoms with Crippen molar-refractivity contribution in [3.63, 3.8) is 0 Å². The van der Waals surface area contributed by atoms with Crippen molar-refractivity contribution in [2.45, 2.75) is 19.8 Å². The largest absolute Gasteiger partial charge is 0.506 e. The number of benzene rings is 1. The molecule has 0 aliphatic carbocycles. The molecule has 0 bridgehead atoms.